The minimum absolute atomic E-state index is 0.0443. The second kappa shape index (κ2) is 7.63. The van der Waals surface area contributed by atoms with Crippen LogP contribution in [0.4, 0.5) is 0 Å². The Morgan fingerprint density at radius 2 is 1.81 bits per heavy atom. The van der Waals surface area contributed by atoms with E-state index in [2.05, 4.69) is 18.6 Å². The molecule has 26 heavy (non-hydrogen) atoms. The largest absolute Gasteiger partial charge is 0.468 e. The molecule has 3 rings (SSSR count). The first-order valence-electron chi connectivity index (χ1n) is 8.83. The SMILES string of the molecule is C[C@@H]1CCC[C@@H](C)N1C(=O)c1ccc(S(=O)(=O)NCc2ccco2)cc1. The van der Waals surface area contributed by atoms with Crippen molar-refractivity contribution in [2.24, 2.45) is 0 Å². The molecule has 1 aromatic heterocycles. The molecule has 0 unspecified atom stereocenters. The minimum atomic E-state index is -3.66. The number of rotatable bonds is 5. The molecule has 0 aliphatic carbocycles. The van der Waals surface area contributed by atoms with Crippen molar-refractivity contribution < 1.29 is 17.6 Å². The summed E-state index contributed by atoms with van der Waals surface area (Å²) in [6.45, 7) is 4.20. The number of likely N-dealkylation sites (tertiary alicyclic amines) is 1. The fourth-order valence-electron chi connectivity index (χ4n) is 3.41. The summed E-state index contributed by atoms with van der Waals surface area (Å²) in [6, 6.07) is 9.90. The van der Waals surface area contributed by atoms with Gasteiger partial charge in [-0.3, -0.25) is 4.79 Å². The van der Waals surface area contributed by atoms with Crippen molar-refractivity contribution in [3.63, 3.8) is 0 Å². The number of piperidine rings is 1. The van der Waals surface area contributed by atoms with Crippen LogP contribution in [0.25, 0.3) is 0 Å². The fourth-order valence-corrected chi connectivity index (χ4v) is 4.40. The Morgan fingerprint density at radius 3 is 2.38 bits per heavy atom. The molecule has 1 aliphatic rings. The molecular formula is C19H24N2O4S. The number of nitrogens with one attached hydrogen (secondary N) is 1. The highest BCUT2D eigenvalue weighted by atomic mass is 32.2. The van der Waals surface area contributed by atoms with Gasteiger partial charge in [0.1, 0.15) is 5.76 Å². The molecule has 2 heterocycles. The molecule has 1 amide bonds. The molecule has 6 nitrogen and oxygen atoms in total. The summed E-state index contributed by atoms with van der Waals surface area (Å²) in [5, 5.41) is 0. The lowest BCUT2D eigenvalue weighted by atomic mass is 9.96. The summed E-state index contributed by atoms with van der Waals surface area (Å²) >= 11 is 0. The third kappa shape index (κ3) is 3.99. The Bertz CT molecular complexity index is 834. The maximum Gasteiger partial charge on any atom is 0.254 e. The highest BCUT2D eigenvalue weighted by Crippen LogP contribution is 2.25. The summed E-state index contributed by atoms with van der Waals surface area (Å²) in [6.07, 6.45) is 4.62. The number of hydrogen-bond donors (Lipinski definition) is 1. The normalized spacial score (nSPS) is 20.9. The average molecular weight is 376 g/mol. The summed E-state index contributed by atoms with van der Waals surface area (Å²) < 4.78 is 32.3. The molecule has 1 N–H and O–H groups in total. The standard InChI is InChI=1S/C19H24N2O4S/c1-14-5-3-6-15(2)21(14)19(22)16-8-10-18(11-9-16)26(23,24)20-13-17-7-4-12-25-17/h4,7-12,14-15,20H,3,5-6,13H2,1-2H3/t14-,15-/m1/s1. The van der Waals surface area contributed by atoms with Crippen molar-refractivity contribution in [1.82, 2.24) is 9.62 Å². The first-order chi connectivity index (χ1) is 12.4. The molecule has 0 bridgehead atoms. The van der Waals surface area contributed by atoms with Gasteiger partial charge in [-0.1, -0.05) is 0 Å². The molecule has 1 saturated heterocycles. The summed E-state index contributed by atoms with van der Waals surface area (Å²) in [4.78, 5) is 14.8. The number of hydrogen-bond acceptors (Lipinski definition) is 4. The second-order valence-corrected chi connectivity index (χ2v) is 8.54. The van der Waals surface area contributed by atoms with Crippen LogP contribution in [-0.4, -0.2) is 31.3 Å². The topological polar surface area (TPSA) is 79.6 Å². The number of carbonyl (C=O) groups excluding carboxylic acids is 1. The Balaban J connectivity index is 1.72. The van der Waals surface area contributed by atoms with E-state index in [4.69, 9.17) is 4.42 Å². The molecule has 0 saturated carbocycles. The van der Waals surface area contributed by atoms with Gasteiger partial charge in [0.15, 0.2) is 0 Å². The van der Waals surface area contributed by atoms with Crippen LogP contribution in [0, 0.1) is 0 Å². The van der Waals surface area contributed by atoms with Crippen LogP contribution in [0.1, 0.15) is 49.2 Å². The first-order valence-corrected chi connectivity index (χ1v) is 10.3. The van der Waals surface area contributed by atoms with E-state index >= 15 is 0 Å². The van der Waals surface area contributed by atoms with Gasteiger partial charge < -0.3 is 9.32 Å². The van der Waals surface area contributed by atoms with E-state index < -0.39 is 10.0 Å². The van der Waals surface area contributed by atoms with Gasteiger partial charge in [-0.25, -0.2) is 13.1 Å². The van der Waals surface area contributed by atoms with E-state index in [1.165, 1.54) is 18.4 Å². The van der Waals surface area contributed by atoms with Crippen molar-refractivity contribution >= 4 is 15.9 Å². The van der Waals surface area contributed by atoms with Gasteiger partial charge in [0, 0.05) is 17.6 Å². The Morgan fingerprint density at radius 1 is 1.15 bits per heavy atom. The number of amides is 1. The van der Waals surface area contributed by atoms with Crippen molar-refractivity contribution in [3.8, 4) is 0 Å². The molecule has 1 fully saturated rings. The molecule has 0 radical (unpaired) electrons. The Hall–Kier alpha value is -2.12. The summed E-state index contributed by atoms with van der Waals surface area (Å²) in [7, 11) is -3.66. The smallest absolute Gasteiger partial charge is 0.254 e. The van der Waals surface area contributed by atoms with E-state index in [1.807, 2.05) is 4.90 Å². The van der Waals surface area contributed by atoms with Gasteiger partial charge in [0.05, 0.1) is 17.7 Å². The minimum Gasteiger partial charge on any atom is -0.468 e. The maximum absolute atomic E-state index is 12.8. The molecule has 1 aromatic carbocycles. The Kier molecular flexibility index (Phi) is 5.48. The van der Waals surface area contributed by atoms with Crippen LogP contribution in [0.2, 0.25) is 0 Å². The van der Waals surface area contributed by atoms with Crippen molar-refractivity contribution in [2.75, 3.05) is 0 Å². The van der Waals surface area contributed by atoms with Crippen LogP contribution < -0.4 is 4.72 Å². The monoisotopic (exact) mass is 376 g/mol. The van der Waals surface area contributed by atoms with Crippen LogP contribution in [0.15, 0.2) is 52.0 Å². The van der Waals surface area contributed by atoms with Crippen LogP contribution in [-0.2, 0) is 16.6 Å². The predicted octanol–water partition coefficient (Wildman–Crippen LogP) is 3.16. The van der Waals surface area contributed by atoms with Gasteiger partial charge in [0.25, 0.3) is 5.91 Å². The fraction of sp³-hybridized carbons (Fsp3) is 0.421. The van der Waals surface area contributed by atoms with Gasteiger partial charge >= 0.3 is 0 Å². The maximum atomic E-state index is 12.8. The average Bonchev–Trinajstić information content (AvgIpc) is 3.13. The number of benzene rings is 1. The number of carbonyl (C=O) groups is 1. The molecule has 1 aliphatic heterocycles. The third-order valence-corrected chi connectivity index (χ3v) is 6.27. The number of furan rings is 1. The van der Waals surface area contributed by atoms with Gasteiger partial charge in [0.2, 0.25) is 10.0 Å². The second-order valence-electron chi connectivity index (χ2n) is 6.77. The zero-order valence-electron chi connectivity index (χ0n) is 15.0. The summed E-state index contributed by atoms with van der Waals surface area (Å²) in [5.41, 5.74) is 0.510. The predicted molar refractivity (Wildman–Crippen MR) is 98.1 cm³/mol. The lowest BCUT2D eigenvalue weighted by molar-refractivity contribution is 0.0510. The quantitative estimate of drug-likeness (QED) is 0.869. The van der Waals surface area contributed by atoms with E-state index in [9.17, 15) is 13.2 Å². The van der Waals surface area contributed by atoms with E-state index in [0.29, 0.717) is 11.3 Å². The molecule has 7 heteroatoms. The molecule has 2 atom stereocenters. The zero-order chi connectivity index (χ0) is 18.7. The summed E-state index contributed by atoms with van der Waals surface area (Å²) in [5.74, 6) is 0.491. The van der Waals surface area contributed by atoms with E-state index in [1.54, 1.807) is 24.3 Å². The van der Waals surface area contributed by atoms with Crippen molar-refractivity contribution in [2.45, 2.75) is 56.6 Å². The Labute approximate surface area is 154 Å². The van der Waals surface area contributed by atoms with Crippen LogP contribution in [0.5, 0.6) is 0 Å². The zero-order valence-corrected chi connectivity index (χ0v) is 15.8. The highest BCUT2D eigenvalue weighted by Gasteiger charge is 2.29. The van der Waals surface area contributed by atoms with Crippen molar-refractivity contribution in [3.05, 3.63) is 54.0 Å². The van der Waals surface area contributed by atoms with Gasteiger partial charge in [-0.15, -0.1) is 0 Å². The van der Waals surface area contributed by atoms with Crippen LogP contribution in [0.3, 0.4) is 0 Å². The lowest BCUT2D eigenvalue weighted by Crippen LogP contribution is -2.47. The number of sulfonamides is 1. The number of nitrogens with zero attached hydrogens (tertiary/aromatic N) is 1. The van der Waals surface area contributed by atoms with Crippen molar-refractivity contribution in [1.29, 1.82) is 0 Å². The molecule has 0 spiro atoms. The molecule has 140 valence electrons. The van der Waals surface area contributed by atoms with E-state index in [0.717, 1.165) is 19.3 Å². The first kappa shape index (κ1) is 18.7. The van der Waals surface area contributed by atoms with Crippen LogP contribution >= 0.6 is 0 Å². The molecular weight excluding hydrogens is 352 g/mol. The third-order valence-electron chi connectivity index (χ3n) is 4.86. The van der Waals surface area contributed by atoms with Gasteiger partial charge in [-0.05, 0) is 69.5 Å². The van der Waals surface area contributed by atoms with Gasteiger partial charge in [-0.2, -0.15) is 0 Å². The highest BCUT2D eigenvalue weighted by molar-refractivity contribution is 7.89. The molecule has 2 aromatic rings. The lowest BCUT2D eigenvalue weighted by Gasteiger charge is -2.39. The van der Waals surface area contributed by atoms with E-state index in [-0.39, 0.29) is 29.4 Å².